The van der Waals surface area contributed by atoms with Gasteiger partial charge in [-0.2, -0.15) is 0 Å². The molecule has 178 valence electrons. The van der Waals surface area contributed by atoms with Gasteiger partial charge in [0.2, 0.25) is 0 Å². The van der Waals surface area contributed by atoms with E-state index in [2.05, 4.69) is 35.9 Å². The standard InChI is InChI=1S/C28H32F4O/c1-2-3-4-5-19-6-8-20(9-7-19)21-10-12-22(13-11-21)23-14-16-25-24(18-23)15-17-26(27(25)29)33-28(30,31)32/h10-15,17,19-20H,2-9,16,18H2,1H3. The monoisotopic (exact) mass is 460 g/mol. The molecule has 1 saturated carbocycles. The molecule has 0 saturated heterocycles. The second kappa shape index (κ2) is 10.3. The van der Waals surface area contributed by atoms with Crippen LogP contribution in [0.3, 0.4) is 0 Å². The summed E-state index contributed by atoms with van der Waals surface area (Å²) in [6.45, 7) is 2.25. The molecule has 2 aromatic rings. The van der Waals surface area contributed by atoms with Crippen molar-refractivity contribution in [1.82, 2.24) is 0 Å². The van der Waals surface area contributed by atoms with Gasteiger partial charge in [-0.3, -0.25) is 0 Å². The van der Waals surface area contributed by atoms with Crippen molar-refractivity contribution in [3.63, 3.8) is 0 Å². The molecule has 1 fully saturated rings. The number of fused-ring (bicyclic) bond motifs is 1. The summed E-state index contributed by atoms with van der Waals surface area (Å²) in [4.78, 5) is 0. The molecule has 0 N–H and O–H groups in total. The molecule has 0 amide bonds. The maximum absolute atomic E-state index is 14.5. The fourth-order valence-electron chi connectivity index (χ4n) is 5.39. The Morgan fingerprint density at radius 3 is 2.33 bits per heavy atom. The first-order chi connectivity index (χ1) is 15.8. The minimum atomic E-state index is -4.90. The zero-order valence-corrected chi connectivity index (χ0v) is 19.2. The molecule has 2 aromatic carbocycles. The van der Waals surface area contributed by atoms with Crippen molar-refractivity contribution in [3.8, 4) is 5.75 Å². The summed E-state index contributed by atoms with van der Waals surface area (Å²) in [6.07, 6.45) is 8.30. The number of halogens is 4. The summed E-state index contributed by atoms with van der Waals surface area (Å²) in [5.41, 5.74) is 4.56. The van der Waals surface area contributed by atoms with E-state index >= 15 is 0 Å². The van der Waals surface area contributed by atoms with Crippen molar-refractivity contribution < 1.29 is 22.3 Å². The van der Waals surface area contributed by atoms with Gasteiger partial charge in [-0.15, -0.1) is 13.2 Å². The van der Waals surface area contributed by atoms with E-state index in [1.807, 2.05) is 6.08 Å². The van der Waals surface area contributed by atoms with Crippen LogP contribution in [-0.4, -0.2) is 6.36 Å². The summed E-state index contributed by atoms with van der Waals surface area (Å²) in [5.74, 6) is -0.158. The Morgan fingerprint density at radius 2 is 1.67 bits per heavy atom. The van der Waals surface area contributed by atoms with Crippen LogP contribution in [0.2, 0.25) is 0 Å². The molecular formula is C28H32F4O. The number of unbranched alkanes of at least 4 members (excludes halogenated alkanes) is 2. The minimum Gasteiger partial charge on any atom is -0.403 e. The maximum Gasteiger partial charge on any atom is 0.573 e. The highest BCUT2D eigenvalue weighted by molar-refractivity contribution is 5.71. The van der Waals surface area contributed by atoms with Crippen molar-refractivity contribution in [2.24, 2.45) is 5.92 Å². The van der Waals surface area contributed by atoms with Gasteiger partial charge in [0, 0.05) is 0 Å². The number of hydrogen-bond acceptors (Lipinski definition) is 1. The smallest absolute Gasteiger partial charge is 0.403 e. The lowest BCUT2D eigenvalue weighted by atomic mass is 9.76. The van der Waals surface area contributed by atoms with Gasteiger partial charge >= 0.3 is 6.36 Å². The highest BCUT2D eigenvalue weighted by atomic mass is 19.4. The summed E-state index contributed by atoms with van der Waals surface area (Å²) in [7, 11) is 0. The summed E-state index contributed by atoms with van der Waals surface area (Å²) < 4.78 is 55.8. The highest BCUT2D eigenvalue weighted by Gasteiger charge is 2.33. The van der Waals surface area contributed by atoms with Gasteiger partial charge < -0.3 is 4.74 Å². The molecule has 0 aromatic heterocycles. The summed E-state index contributed by atoms with van der Waals surface area (Å²) in [5, 5.41) is 0. The third kappa shape index (κ3) is 5.99. The fourth-order valence-corrected chi connectivity index (χ4v) is 5.39. The number of ether oxygens (including phenoxy) is 1. The van der Waals surface area contributed by atoms with E-state index in [1.54, 1.807) is 6.07 Å². The number of allylic oxidation sites excluding steroid dienone is 2. The third-order valence-electron chi connectivity index (χ3n) is 7.28. The molecule has 0 spiro atoms. The molecule has 0 aliphatic heterocycles. The Morgan fingerprint density at radius 1 is 0.939 bits per heavy atom. The number of alkyl halides is 3. The quantitative estimate of drug-likeness (QED) is 0.296. The first kappa shape index (κ1) is 23.8. The Balaban J connectivity index is 1.38. The van der Waals surface area contributed by atoms with E-state index in [4.69, 9.17) is 0 Å². The lowest BCUT2D eigenvalue weighted by Crippen LogP contribution is -2.19. The number of benzene rings is 2. The molecular weight excluding hydrogens is 428 g/mol. The number of hydrogen-bond donors (Lipinski definition) is 0. The van der Waals surface area contributed by atoms with Crippen LogP contribution >= 0.6 is 0 Å². The molecule has 0 radical (unpaired) electrons. The lowest BCUT2D eigenvalue weighted by molar-refractivity contribution is -0.275. The van der Waals surface area contributed by atoms with E-state index in [1.165, 1.54) is 56.9 Å². The average Bonchev–Trinajstić information content (AvgIpc) is 2.81. The van der Waals surface area contributed by atoms with Crippen LogP contribution in [0, 0.1) is 11.7 Å². The summed E-state index contributed by atoms with van der Waals surface area (Å²) in [6, 6.07) is 11.3. The lowest BCUT2D eigenvalue weighted by Gasteiger charge is -2.29. The van der Waals surface area contributed by atoms with Crippen molar-refractivity contribution in [2.75, 3.05) is 0 Å². The van der Waals surface area contributed by atoms with E-state index < -0.39 is 17.9 Å². The number of rotatable bonds is 7. The molecule has 0 bridgehead atoms. The largest absolute Gasteiger partial charge is 0.573 e. The molecule has 5 heteroatoms. The van der Waals surface area contributed by atoms with Crippen LogP contribution in [0.4, 0.5) is 17.6 Å². The highest BCUT2D eigenvalue weighted by Crippen LogP contribution is 2.39. The van der Waals surface area contributed by atoms with Gasteiger partial charge in [0.15, 0.2) is 11.6 Å². The van der Waals surface area contributed by atoms with Crippen LogP contribution in [-0.2, 0) is 12.8 Å². The van der Waals surface area contributed by atoms with Crippen LogP contribution < -0.4 is 4.74 Å². The van der Waals surface area contributed by atoms with Crippen LogP contribution in [0.15, 0.2) is 42.5 Å². The van der Waals surface area contributed by atoms with Gasteiger partial charge in [0.05, 0.1) is 0 Å². The third-order valence-corrected chi connectivity index (χ3v) is 7.28. The van der Waals surface area contributed by atoms with E-state index in [0.717, 1.165) is 23.1 Å². The van der Waals surface area contributed by atoms with Crippen molar-refractivity contribution in [2.45, 2.75) is 83.4 Å². The molecule has 2 aliphatic carbocycles. The molecule has 2 aliphatic rings. The summed E-state index contributed by atoms with van der Waals surface area (Å²) >= 11 is 0. The molecule has 1 nitrogen and oxygen atoms in total. The Bertz CT molecular complexity index is 967. The van der Waals surface area contributed by atoms with Crippen LogP contribution in [0.5, 0.6) is 5.75 Å². The maximum atomic E-state index is 14.5. The van der Waals surface area contributed by atoms with Crippen LogP contribution in [0.1, 0.15) is 86.5 Å². The predicted octanol–water partition coefficient (Wildman–Crippen LogP) is 8.76. The van der Waals surface area contributed by atoms with Gasteiger partial charge in [-0.25, -0.2) is 4.39 Å². The predicted molar refractivity (Wildman–Crippen MR) is 124 cm³/mol. The SMILES string of the molecule is CCCCCC1CCC(c2ccc(C3=CCc4c(ccc(OC(F)(F)F)c4F)C3)cc2)CC1. The normalized spacial score (nSPS) is 20.8. The second-order valence-corrected chi connectivity index (χ2v) is 9.51. The first-order valence-corrected chi connectivity index (χ1v) is 12.2. The first-order valence-electron chi connectivity index (χ1n) is 12.2. The van der Waals surface area contributed by atoms with E-state index in [-0.39, 0.29) is 12.0 Å². The molecule has 33 heavy (non-hydrogen) atoms. The van der Waals surface area contributed by atoms with Gasteiger partial charge in [-0.1, -0.05) is 69.0 Å². The van der Waals surface area contributed by atoms with Crippen LogP contribution in [0.25, 0.3) is 5.57 Å². The fraction of sp³-hybridized carbons (Fsp3) is 0.500. The molecule has 4 rings (SSSR count). The van der Waals surface area contributed by atoms with Crippen molar-refractivity contribution in [1.29, 1.82) is 0 Å². The van der Waals surface area contributed by atoms with Gasteiger partial charge in [0.25, 0.3) is 0 Å². The average molecular weight is 461 g/mol. The topological polar surface area (TPSA) is 9.23 Å². The van der Waals surface area contributed by atoms with Crippen molar-refractivity contribution in [3.05, 3.63) is 70.5 Å². The molecule has 0 unspecified atom stereocenters. The molecule has 0 heterocycles. The zero-order valence-electron chi connectivity index (χ0n) is 19.2. The van der Waals surface area contributed by atoms with E-state index in [0.29, 0.717) is 17.9 Å². The Labute approximate surface area is 193 Å². The molecule has 0 atom stereocenters. The van der Waals surface area contributed by atoms with Gasteiger partial charge in [0.1, 0.15) is 0 Å². The van der Waals surface area contributed by atoms with E-state index in [9.17, 15) is 17.6 Å². The zero-order chi connectivity index (χ0) is 23.4. The Kier molecular flexibility index (Phi) is 7.45. The van der Waals surface area contributed by atoms with Gasteiger partial charge in [-0.05, 0) is 84.3 Å². The Hall–Kier alpha value is -2.30. The second-order valence-electron chi connectivity index (χ2n) is 9.51. The van der Waals surface area contributed by atoms with Crippen molar-refractivity contribution >= 4 is 5.57 Å². The minimum absolute atomic E-state index is 0.259.